The van der Waals surface area contributed by atoms with Gasteiger partial charge in [-0.1, -0.05) is 82.6 Å². The molecular formula is C29H47NO5. The van der Waals surface area contributed by atoms with E-state index < -0.39 is 17.5 Å². The molecule has 0 atom stereocenters. The highest BCUT2D eigenvalue weighted by atomic mass is 16.5. The summed E-state index contributed by atoms with van der Waals surface area (Å²) in [5.74, 6) is -1.14. The third-order valence-corrected chi connectivity index (χ3v) is 6.26. The summed E-state index contributed by atoms with van der Waals surface area (Å²) in [7, 11) is 0. The van der Waals surface area contributed by atoms with Crippen LogP contribution in [-0.4, -0.2) is 36.6 Å². The summed E-state index contributed by atoms with van der Waals surface area (Å²) in [4.78, 5) is 34.6. The minimum absolute atomic E-state index is 0.0349. The summed E-state index contributed by atoms with van der Waals surface area (Å²) in [6, 6.07) is 8.75. The zero-order valence-electron chi connectivity index (χ0n) is 22.5. The van der Waals surface area contributed by atoms with Gasteiger partial charge in [0, 0.05) is 20.8 Å². The summed E-state index contributed by atoms with van der Waals surface area (Å²) in [5, 5.41) is 2.86. The van der Waals surface area contributed by atoms with Gasteiger partial charge in [-0.05, 0) is 43.2 Å². The highest BCUT2D eigenvalue weighted by Crippen LogP contribution is 2.19. The zero-order chi connectivity index (χ0) is 25.9. The van der Waals surface area contributed by atoms with E-state index in [1.54, 1.807) is 0 Å². The molecule has 0 bridgehead atoms. The van der Waals surface area contributed by atoms with Crippen LogP contribution in [0, 0.1) is 0 Å². The van der Waals surface area contributed by atoms with Crippen molar-refractivity contribution in [2.24, 2.45) is 0 Å². The molecule has 1 N–H and O–H groups in total. The Morgan fingerprint density at radius 2 is 1.11 bits per heavy atom. The molecule has 6 nitrogen and oxygen atoms in total. The Hall–Kier alpha value is -2.37. The van der Waals surface area contributed by atoms with E-state index in [4.69, 9.17) is 9.47 Å². The van der Waals surface area contributed by atoms with Crippen molar-refractivity contribution < 1.29 is 23.9 Å². The Bertz CT molecular complexity index is 726. The molecule has 6 heteroatoms. The quantitative estimate of drug-likeness (QED) is 0.188. The third-order valence-electron chi connectivity index (χ3n) is 6.26. The molecule has 35 heavy (non-hydrogen) atoms. The second-order valence-corrected chi connectivity index (χ2v) is 9.77. The number of carbonyl (C=O) groups excluding carboxylic acids is 3. The van der Waals surface area contributed by atoms with Gasteiger partial charge in [-0.3, -0.25) is 14.4 Å². The van der Waals surface area contributed by atoms with Gasteiger partial charge < -0.3 is 14.8 Å². The second-order valence-electron chi connectivity index (χ2n) is 9.77. The lowest BCUT2D eigenvalue weighted by Crippen LogP contribution is -2.55. The van der Waals surface area contributed by atoms with E-state index in [-0.39, 0.29) is 19.1 Å². The molecule has 1 amide bonds. The molecule has 0 unspecified atom stereocenters. The first-order valence-corrected chi connectivity index (χ1v) is 13.4. The average molecular weight is 490 g/mol. The maximum Gasteiger partial charge on any atom is 0.302 e. The van der Waals surface area contributed by atoms with E-state index in [1.807, 2.05) is 0 Å². The number of carbonyl (C=O) groups is 3. The summed E-state index contributed by atoms with van der Waals surface area (Å²) in [6.45, 7) is 6.23. The first kappa shape index (κ1) is 30.7. The van der Waals surface area contributed by atoms with Crippen LogP contribution in [0.5, 0.6) is 0 Å². The molecule has 0 aliphatic heterocycles. The molecule has 0 spiro atoms. The number of ether oxygens (including phenoxy) is 2. The Balaban J connectivity index is 2.47. The number of hydrogen-bond donors (Lipinski definition) is 1. The van der Waals surface area contributed by atoms with E-state index in [9.17, 15) is 14.4 Å². The fourth-order valence-electron chi connectivity index (χ4n) is 4.32. The fourth-order valence-corrected chi connectivity index (χ4v) is 4.32. The van der Waals surface area contributed by atoms with Crippen LogP contribution in [0.3, 0.4) is 0 Å². The van der Waals surface area contributed by atoms with Crippen LogP contribution in [-0.2, 0) is 36.7 Å². The van der Waals surface area contributed by atoms with Crippen LogP contribution >= 0.6 is 0 Å². The van der Waals surface area contributed by atoms with Crippen molar-refractivity contribution in [3.8, 4) is 0 Å². The monoisotopic (exact) mass is 489 g/mol. The summed E-state index contributed by atoms with van der Waals surface area (Å²) in [6.07, 6.45) is 15.3. The minimum Gasteiger partial charge on any atom is -0.463 e. The van der Waals surface area contributed by atoms with Gasteiger partial charge in [0.25, 0.3) is 0 Å². The van der Waals surface area contributed by atoms with Crippen molar-refractivity contribution in [3.05, 3.63) is 35.4 Å². The lowest BCUT2D eigenvalue weighted by molar-refractivity contribution is -0.150. The molecule has 0 saturated carbocycles. The van der Waals surface area contributed by atoms with Gasteiger partial charge in [0.1, 0.15) is 18.8 Å². The Labute approximate surface area is 212 Å². The maximum absolute atomic E-state index is 11.8. The van der Waals surface area contributed by atoms with Crippen LogP contribution in [0.2, 0.25) is 0 Å². The van der Waals surface area contributed by atoms with E-state index in [0.29, 0.717) is 6.42 Å². The number of benzene rings is 1. The van der Waals surface area contributed by atoms with Crippen molar-refractivity contribution >= 4 is 17.8 Å². The van der Waals surface area contributed by atoms with Crippen molar-refractivity contribution in [2.45, 2.75) is 117 Å². The molecule has 0 saturated heterocycles. The first-order chi connectivity index (χ1) is 16.8. The molecular weight excluding hydrogens is 442 g/mol. The molecule has 0 aliphatic carbocycles. The highest BCUT2D eigenvalue weighted by molar-refractivity contribution is 5.74. The smallest absolute Gasteiger partial charge is 0.302 e. The molecule has 1 rings (SSSR count). The number of amides is 1. The van der Waals surface area contributed by atoms with Gasteiger partial charge in [0.15, 0.2) is 0 Å². The molecule has 0 fully saturated rings. The van der Waals surface area contributed by atoms with Crippen molar-refractivity contribution in [1.82, 2.24) is 5.32 Å². The highest BCUT2D eigenvalue weighted by Gasteiger charge is 2.33. The Morgan fingerprint density at radius 3 is 1.54 bits per heavy atom. The fraction of sp³-hybridized carbons (Fsp3) is 0.690. The first-order valence-electron chi connectivity index (χ1n) is 13.4. The third kappa shape index (κ3) is 15.3. The van der Waals surface area contributed by atoms with Gasteiger partial charge in [-0.25, -0.2) is 0 Å². The molecule has 1 aromatic carbocycles. The molecule has 0 radical (unpaired) electrons. The lowest BCUT2D eigenvalue weighted by Gasteiger charge is -2.33. The second kappa shape index (κ2) is 18.0. The predicted molar refractivity (Wildman–Crippen MR) is 140 cm³/mol. The van der Waals surface area contributed by atoms with Crippen molar-refractivity contribution in [3.63, 3.8) is 0 Å². The van der Waals surface area contributed by atoms with E-state index in [0.717, 1.165) is 19.3 Å². The van der Waals surface area contributed by atoms with E-state index in [1.165, 1.54) is 89.7 Å². The largest absolute Gasteiger partial charge is 0.463 e. The number of nitrogens with one attached hydrogen (secondary N) is 1. The standard InChI is InChI=1S/C29H47NO5/c1-5-6-7-8-9-10-11-12-13-15-27-17-19-28(20-18-27)16-14-21-29(30-24(2)31,22-34-25(3)32)23-35-26(4)33/h17-20H,5-16,21-23H2,1-4H3,(H,30,31). The molecule has 0 aromatic heterocycles. The average Bonchev–Trinajstić information content (AvgIpc) is 2.81. The normalized spacial score (nSPS) is 11.2. The number of aryl methyl sites for hydroxylation is 2. The van der Waals surface area contributed by atoms with Gasteiger partial charge in [0.2, 0.25) is 5.91 Å². The number of esters is 2. The maximum atomic E-state index is 11.8. The van der Waals surface area contributed by atoms with Crippen LogP contribution < -0.4 is 5.32 Å². The van der Waals surface area contributed by atoms with Gasteiger partial charge >= 0.3 is 11.9 Å². The molecule has 1 aromatic rings. The zero-order valence-corrected chi connectivity index (χ0v) is 22.5. The summed E-state index contributed by atoms with van der Waals surface area (Å²) < 4.78 is 10.4. The summed E-state index contributed by atoms with van der Waals surface area (Å²) >= 11 is 0. The van der Waals surface area contributed by atoms with Crippen LogP contribution in [0.25, 0.3) is 0 Å². The summed E-state index contributed by atoms with van der Waals surface area (Å²) in [5.41, 5.74) is 1.66. The van der Waals surface area contributed by atoms with E-state index in [2.05, 4.69) is 36.5 Å². The van der Waals surface area contributed by atoms with Crippen molar-refractivity contribution in [1.29, 1.82) is 0 Å². The SMILES string of the molecule is CCCCCCCCCCCc1ccc(CCCC(COC(C)=O)(COC(C)=O)NC(C)=O)cc1. The van der Waals surface area contributed by atoms with Crippen LogP contribution in [0.4, 0.5) is 0 Å². The van der Waals surface area contributed by atoms with Gasteiger partial charge in [0.05, 0.1) is 0 Å². The molecule has 0 heterocycles. The predicted octanol–water partition coefficient (Wildman–Crippen LogP) is 6.08. The Kier molecular flexibility index (Phi) is 15.7. The minimum atomic E-state index is -0.931. The lowest BCUT2D eigenvalue weighted by atomic mass is 9.92. The molecule has 198 valence electrons. The topological polar surface area (TPSA) is 81.7 Å². The number of hydrogen-bond acceptors (Lipinski definition) is 5. The molecule has 0 aliphatic rings. The van der Waals surface area contributed by atoms with Crippen LogP contribution in [0.15, 0.2) is 24.3 Å². The Morgan fingerprint density at radius 1 is 0.686 bits per heavy atom. The van der Waals surface area contributed by atoms with Crippen molar-refractivity contribution in [2.75, 3.05) is 13.2 Å². The van der Waals surface area contributed by atoms with Crippen LogP contribution in [0.1, 0.15) is 109 Å². The van der Waals surface area contributed by atoms with Gasteiger partial charge in [-0.15, -0.1) is 0 Å². The van der Waals surface area contributed by atoms with E-state index >= 15 is 0 Å². The van der Waals surface area contributed by atoms with Gasteiger partial charge in [-0.2, -0.15) is 0 Å². The number of unbranched alkanes of at least 4 members (excludes halogenated alkanes) is 8. The number of rotatable bonds is 19.